The predicted molar refractivity (Wildman–Crippen MR) is 103 cm³/mol. The fourth-order valence-corrected chi connectivity index (χ4v) is 2.92. The minimum Gasteiger partial charge on any atom is -0.444 e. The lowest BCUT2D eigenvalue weighted by Gasteiger charge is -2.27. The van der Waals surface area contributed by atoms with Crippen LogP contribution in [0, 0.1) is 5.92 Å². The van der Waals surface area contributed by atoms with Crippen LogP contribution >= 0.6 is 24.0 Å². The van der Waals surface area contributed by atoms with Crippen molar-refractivity contribution >= 4 is 36.0 Å². The molecule has 0 saturated carbocycles. The Morgan fingerprint density at radius 2 is 1.83 bits per heavy atom. The Balaban J connectivity index is 0.00000264. The lowest BCUT2D eigenvalue weighted by Crippen LogP contribution is -2.41. The van der Waals surface area contributed by atoms with Gasteiger partial charge in [0, 0.05) is 32.7 Å². The molecule has 0 spiro atoms. The van der Waals surface area contributed by atoms with Gasteiger partial charge in [0.25, 0.3) is 0 Å². The van der Waals surface area contributed by atoms with Crippen molar-refractivity contribution < 1.29 is 9.53 Å². The fourth-order valence-electron chi connectivity index (χ4n) is 2.92. The van der Waals surface area contributed by atoms with Crippen molar-refractivity contribution in [3.05, 3.63) is 0 Å². The van der Waals surface area contributed by atoms with Crippen LogP contribution < -0.4 is 5.73 Å². The van der Waals surface area contributed by atoms with Gasteiger partial charge in [-0.25, -0.2) is 4.79 Å². The third kappa shape index (κ3) is 6.73. The van der Waals surface area contributed by atoms with E-state index in [1.807, 2.05) is 20.8 Å². The average molecular weight is 438 g/mol. The van der Waals surface area contributed by atoms with Gasteiger partial charge >= 0.3 is 6.09 Å². The smallest absolute Gasteiger partial charge is 0.410 e. The molecule has 7 heteroatoms. The predicted octanol–water partition coefficient (Wildman–Crippen LogP) is 2.66. The topological polar surface area (TPSA) is 71.2 Å². The van der Waals surface area contributed by atoms with Gasteiger partial charge in [-0.1, -0.05) is 0 Å². The van der Waals surface area contributed by atoms with Gasteiger partial charge in [0.05, 0.1) is 0 Å². The maximum atomic E-state index is 12.0. The lowest BCUT2D eigenvalue weighted by atomic mass is 10.1. The van der Waals surface area contributed by atoms with Gasteiger partial charge in [0.2, 0.25) is 0 Å². The van der Waals surface area contributed by atoms with Crippen LogP contribution in [-0.2, 0) is 4.74 Å². The lowest BCUT2D eigenvalue weighted by molar-refractivity contribution is 0.0289. The number of nitrogens with zero attached hydrogens (tertiary/aromatic N) is 3. The second-order valence-corrected chi connectivity index (χ2v) is 7.33. The number of hydrogen-bond donors (Lipinski definition) is 1. The van der Waals surface area contributed by atoms with Gasteiger partial charge in [-0.2, -0.15) is 0 Å². The highest BCUT2D eigenvalue weighted by Gasteiger charge is 2.29. The van der Waals surface area contributed by atoms with Crippen molar-refractivity contribution in [2.45, 2.75) is 52.1 Å². The maximum absolute atomic E-state index is 12.0. The normalized spacial score (nSPS) is 22.7. The van der Waals surface area contributed by atoms with E-state index in [9.17, 15) is 4.79 Å². The quantitative estimate of drug-likeness (QED) is 0.409. The van der Waals surface area contributed by atoms with E-state index in [1.165, 1.54) is 19.3 Å². The summed E-state index contributed by atoms with van der Waals surface area (Å²) in [6.45, 7) is 9.87. The number of amides is 1. The number of halogens is 1. The van der Waals surface area contributed by atoms with Crippen molar-refractivity contribution in [1.82, 2.24) is 9.80 Å². The average Bonchev–Trinajstić information content (AvgIpc) is 2.93. The summed E-state index contributed by atoms with van der Waals surface area (Å²) < 4.78 is 5.41. The summed E-state index contributed by atoms with van der Waals surface area (Å²) in [5.41, 5.74) is 5.64. The molecule has 2 saturated heterocycles. The molecule has 0 aromatic heterocycles. The van der Waals surface area contributed by atoms with Crippen LogP contribution in [0.15, 0.2) is 4.99 Å². The van der Waals surface area contributed by atoms with Crippen molar-refractivity contribution in [3.8, 4) is 0 Å². The molecule has 0 aromatic rings. The Morgan fingerprint density at radius 3 is 2.43 bits per heavy atom. The summed E-state index contributed by atoms with van der Waals surface area (Å²) in [6, 6.07) is 0. The van der Waals surface area contributed by atoms with Crippen LogP contribution in [0.4, 0.5) is 4.79 Å². The first-order chi connectivity index (χ1) is 10.3. The van der Waals surface area contributed by atoms with Crippen LogP contribution in [0.3, 0.4) is 0 Å². The van der Waals surface area contributed by atoms with E-state index in [2.05, 4.69) is 9.89 Å². The Labute approximate surface area is 156 Å². The van der Waals surface area contributed by atoms with Crippen molar-refractivity contribution in [1.29, 1.82) is 0 Å². The highest BCUT2D eigenvalue weighted by atomic mass is 127. The Bertz CT molecular complexity index is 417. The van der Waals surface area contributed by atoms with Crippen LogP contribution in [0.5, 0.6) is 0 Å². The Kier molecular flexibility index (Phi) is 7.89. The number of ether oxygens (including phenoxy) is 1. The molecule has 2 aliphatic heterocycles. The standard InChI is InChI=1S/C16H30N4O2.HI/c1-16(2,3)22-15(21)20-10-7-13(12-20)11-18-14(17)19-8-5-4-6-9-19;/h13H,4-12H2,1-3H3,(H2,17,18);1H. The van der Waals surface area contributed by atoms with Gasteiger partial charge < -0.3 is 20.3 Å². The maximum Gasteiger partial charge on any atom is 0.410 e. The van der Waals surface area contributed by atoms with E-state index < -0.39 is 5.60 Å². The number of aliphatic imine (C=N–C) groups is 1. The molecular weight excluding hydrogens is 407 g/mol. The summed E-state index contributed by atoms with van der Waals surface area (Å²) in [5, 5.41) is 0. The number of rotatable bonds is 2. The van der Waals surface area contributed by atoms with Crippen LogP contribution in [-0.4, -0.2) is 60.2 Å². The van der Waals surface area contributed by atoms with Crippen molar-refractivity contribution in [2.75, 3.05) is 32.7 Å². The van der Waals surface area contributed by atoms with Crippen LogP contribution in [0.1, 0.15) is 46.5 Å². The summed E-state index contributed by atoms with van der Waals surface area (Å²) in [4.78, 5) is 20.5. The SMILES string of the molecule is CC(C)(C)OC(=O)N1CCC(CN=C(N)N2CCCCC2)C1.I. The molecule has 134 valence electrons. The fraction of sp³-hybridized carbons (Fsp3) is 0.875. The second-order valence-electron chi connectivity index (χ2n) is 7.33. The number of likely N-dealkylation sites (tertiary alicyclic amines) is 2. The van der Waals surface area contributed by atoms with E-state index in [4.69, 9.17) is 10.5 Å². The van der Waals surface area contributed by atoms with Gasteiger partial charge in [0.15, 0.2) is 5.96 Å². The first kappa shape index (κ1) is 20.3. The molecule has 0 aliphatic carbocycles. The Hall–Kier alpha value is -0.730. The molecule has 1 atom stereocenters. The van der Waals surface area contributed by atoms with Crippen LogP contribution in [0.2, 0.25) is 0 Å². The van der Waals surface area contributed by atoms with Gasteiger partial charge in [-0.3, -0.25) is 4.99 Å². The number of piperidine rings is 1. The zero-order valence-corrected chi connectivity index (χ0v) is 16.9. The third-order valence-electron chi connectivity index (χ3n) is 4.13. The molecular formula is C16H31IN4O2. The summed E-state index contributed by atoms with van der Waals surface area (Å²) in [5.74, 6) is 1.05. The van der Waals surface area contributed by atoms with E-state index >= 15 is 0 Å². The molecule has 2 N–H and O–H groups in total. The zero-order chi connectivity index (χ0) is 16.2. The first-order valence-corrected chi connectivity index (χ1v) is 8.38. The van der Waals surface area contributed by atoms with Crippen LogP contribution in [0.25, 0.3) is 0 Å². The summed E-state index contributed by atoms with van der Waals surface area (Å²) in [6.07, 6.45) is 4.44. The highest BCUT2D eigenvalue weighted by molar-refractivity contribution is 14.0. The minimum atomic E-state index is -0.438. The molecule has 2 rings (SSSR count). The van der Waals surface area contributed by atoms with Gasteiger partial charge in [-0.15, -0.1) is 24.0 Å². The number of carbonyl (C=O) groups excluding carboxylic acids is 1. The summed E-state index contributed by atoms with van der Waals surface area (Å²) >= 11 is 0. The highest BCUT2D eigenvalue weighted by Crippen LogP contribution is 2.20. The molecule has 1 amide bonds. The van der Waals surface area contributed by atoms with Crippen molar-refractivity contribution in [2.24, 2.45) is 16.6 Å². The number of hydrogen-bond acceptors (Lipinski definition) is 3. The molecule has 1 unspecified atom stereocenters. The van der Waals surface area contributed by atoms with E-state index in [-0.39, 0.29) is 30.1 Å². The molecule has 0 aromatic carbocycles. The minimum absolute atomic E-state index is 0. The number of nitrogens with two attached hydrogens (primary N) is 1. The van der Waals surface area contributed by atoms with Crippen molar-refractivity contribution in [3.63, 3.8) is 0 Å². The first-order valence-electron chi connectivity index (χ1n) is 8.38. The number of carbonyl (C=O) groups is 1. The van der Waals surface area contributed by atoms with Gasteiger partial charge in [-0.05, 0) is 52.4 Å². The second kappa shape index (κ2) is 8.94. The zero-order valence-electron chi connectivity index (χ0n) is 14.6. The number of guanidine groups is 1. The molecule has 23 heavy (non-hydrogen) atoms. The monoisotopic (exact) mass is 438 g/mol. The molecule has 0 radical (unpaired) electrons. The largest absolute Gasteiger partial charge is 0.444 e. The van der Waals surface area contributed by atoms with E-state index in [0.29, 0.717) is 25.0 Å². The molecule has 6 nitrogen and oxygen atoms in total. The van der Waals surface area contributed by atoms with E-state index in [1.54, 1.807) is 4.90 Å². The third-order valence-corrected chi connectivity index (χ3v) is 4.13. The van der Waals surface area contributed by atoms with E-state index in [0.717, 1.165) is 26.1 Å². The molecule has 0 bridgehead atoms. The van der Waals surface area contributed by atoms with Gasteiger partial charge in [0.1, 0.15) is 5.60 Å². The summed E-state index contributed by atoms with van der Waals surface area (Å²) in [7, 11) is 0. The molecule has 2 aliphatic rings. The molecule has 2 fully saturated rings. The molecule has 2 heterocycles. The Morgan fingerprint density at radius 1 is 1.17 bits per heavy atom.